The predicted octanol–water partition coefficient (Wildman–Crippen LogP) is 3.82. The number of nitrogens with zero attached hydrogens (tertiary/aromatic N) is 5. The second-order valence-electron chi connectivity index (χ2n) is 11.7. The van der Waals surface area contributed by atoms with Gasteiger partial charge in [0.05, 0.1) is 6.61 Å². The van der Waals surface area contributed by atoms with Crippen molar-refractivity contribution in [2.45, 2.75) is 77.0 Å². The Hall–Kier alpha value is -3.57. The van der Waals surface area contributed by atoms with Crippen molar-refractivity contribution in [3.63, 3.8) is 0 Å². The summed E-state index contributed by atoms with van der Waals surface area (Å²) in [6.07, 6.45) is 7.96. The minimum absolute atomic E-state index is 0.101. The first-order valence-electron chi connectivity index (χ1n) is 14.4. The SMILES string of the molecule is CC1CCC(Cn2c(C(O)(CO)c3ccccc3)nc3nc(-c4noc(=O)[nH]4)nc(N[C@H](C)C4CCC4)c32)CC1. The molecule has 3 aromatic heterocycles. The van der Waals surface area contributed by atoms with E-state index in [9.17, 15) is 15.0 Å². The van der Waals surface area contributed by atoms with Gasteiger partial charge in [0, 0.05) is 12.6 Å². The lowest BCUT2D eigenvalue weighted by atomic mass is 9.80. The van der Waals surface area contributed by atoms with Crippen molar-refractivity contribution in [1.82, 2.24) is 29.7 Å². The summed E-state index contributed by atoms with van der Waals surface area (Å²) in [5.74, 6) is 2.04. The van der Waals surface area contributed by atoms with Gasteiger partial charge in [0.1, 0.15) is 5.52 Å². The normalized spacial score (nSPS) is 22.1. The Labute approximate surface area is 232 Å². The molecule has 0 bridgehead atoms. The minimum atomic E-state index is -1.76. The van der Waals surface area contributed by atoms with E-state index >= 15 is 0 Å². The fourth-order valence-corrected chi connectivity index (χ4v) is 6.11. The van der Waals surface area contributed by atoms with Crippen molar-refractivity contribution < 1.29 is 14.7 Å². The van der Waals surface area contributed by atoms with Crippen LogP contribution in [0.2, 0.25) is 0 Å². The highest BCUT2D eigenvalue weighted by Gasteiger charge is 2.39. The molecular formula is C29H37N7O4. The molecule has 0 aliphatic heterocycles. The number of H-pyrrole nitrogens is 1. The van der Waals surface area contributed by atoms with E-state index in [0.29, 0.717) is 52.7 Å². The van der Waals surface area contributed by atoms with E-state index in [-0.39, 0.29) is 17.7 Å². The molecule has 212 valence electrons. The van der Waals surface area contributed by atoms with Gasteiger partial charge in [-0.05, 0) is 55.9 Å². The second-order valence-corrected chi connectivity index (χ2v) is 11.7. The maximum Gasteiger partial charge on any atom is 0.439 e. The first-order chi connectivity index (χ1) is 19.4. The summed E-state index contributed by atoms with van der Waals surface area (Å²) < 4.78 is 6.73. The Bertz CT molecular complexity index is 1520. The van der Waals surface area contributed by atoms with Gasteiger partial charge in [-0.3, -0.25) is 9.51 Å². The number of anilines is 1. The summed E-state index contributed by atoms with van der Waals surface area (Å²) in [4.78, 5) is 28.6. The summed E-state index contributed by atoms with van der Waals surface area (Å²) >= 11 is 0. The molecule has 0 spiro atoms. The molecule has 2 aliphatic carbocycles. The smallest absolute Gasteiger partial charge is 0.393 e. The zero-order valence-corrected chi connectivity index (χ0v) is 23.0. The van der Waals surface area contributed by atoms with Gasteiger partial charge < -0.3 is 20.1 Å². The number of hydrogen-bond donors (Lipinski definition) is 4. The summed E-state index contributed by atoms with van der Waals surface area (Å²) in [6, 6.07) is 9.25. The molecule has 1 aromatic carbocycles. The van der Waals surface area contributed by atoms with Gasteiger partial charge in [-0.25, -0.2) is 19.7 Å². The molecule has 0 amide bonds. The molecule has 4 aromatic rings. The van der Waals surface area contributed by atoms with Crippen molar-refractivity contribution >= 4 is 17.0 Å². The number of nitrogens with one attached hydrogen (secondary N) is 2. The van der Waals surface area contributed by atoms with E-state index in [1.165, 1.54) is 6.42 Å². The quantitative estimate of drug-likeness (QED) is 0.245. The third-order valence-corrected chi connectivity index (χ3v) is 8.90. The van der Waals surface area contributed by atoms with E-state index in [2.05, 4.69) is 34.3 Å². The minimum Gasteiger partial charge on any atom is -0.393 e. The number of hydrogen-bond acceptors (Lipinski definition) is 9. The van der Waals surface area contributed by atoms with Crippen LogP contribution in [0, 0.1) is 17.8 Å². The molecule has 0 radical (unpaired) electrons. The molecule has 4 N–H and O–H groups in total. The number of fused-ring (bicyclic) bond motifs is 1. The Balaban J connectivity index is 1.55. The van der Waals surface area contributed by atoms with E-state index in [0.717, 1.165) is 38.5 Å². The lowest BCUT2D eigenvalue weighted by Gasteiger charge is -2.33. The summed E-state index contributed by atoms with van der Waals surface area (Å²) in [6.45, 7) is 4.50. The zero-order valence-electron chi connectivity index (χ0n) is 23.0. The van der Waals surface area contributed by atoms with Gasteiger partial charge in [-0.1, -0.05) is 61.7 Å². The predicted molar refractivity (Wildman–Crippen MR) is 150 cm³/mol. The number of aromatic nitrogens is 6. The Morgan fingerprint density at radius 1 is 1.12 bits per heavy atom. The van der Waals surface area contributed by atoms with Crippen LogP contribution in [0.1, 0.15) is 70.2 Å². The Morgan fingerprint density at radius 2 is 1.88 bits per heavy atom. The van der Waals surface area contributed by atoms with Crippen LogP contribution < -0.4 is 11.1 Å². The second kappa shape index (κ2) is 10.8. The largest absolute Gasteiger partial charge is 0.439 e. The van der Waals surface area contributed by atoms with Gasteiger partial charge in [-0.15, -0.1) is 0 Å². The highest BCUT2D eigenvalue weighted by molar-refractivity contribution is 5.86. The van der Waals surface area contributed by atoms with Crippen molar-refractivity contribution in [3.05, 3.63) is 52.3 Å². The fourth-order valence-electron chi connectivity index (χ4n) is 6.11. The van der Waals surface area contributed by atoms with Gasteiger partial charge in [-0.2, -0.15) is 0 Å². The first-order valence-corrected chi connectivity index (χ1v) is 14.4. The van der Waals surface area contributed by atoms with E-state index in [4.69, 9.17) is 14.5 Å². The Morgan fingerprint density at radius 3 is 2.50 bits per heavy atom. The number of imidazole rings is 1. The lowest BCUT2D eigenvalue weighted by molar-refractivity contribution is 0.00664. The van der Waals surface area contributed by atoms with Gasteiger partial charge >= 0.3 is 5.76 Å². The number of aliphatic hydroxyl groups excluding tert-OH is 1. The Kier molecular flexibility index (Phi) is 7.18. The molecule has 1 unspecified atom stereocenters. The molecule has 2 atom stereocenters. The molecule has 0 saturated heterocycles. The molecule has 11 heteroatoms. The maximum atomic E-state index is 12.0. The van der Waals surface area contributed by atoms with Crippen molar-refractivity contribution in [1.29, 1.82) is 0 Å². The van der Waals surface area contributed by atoms with Crippen LogP contribution in [-0.2, 0) is 12.1 Å². The average Bonchev–Trinajstić information content (AvgIpc) is 3.53. The van der Waals surface area contributed by atoms with Gasteiger partial charge in [0.2, 0.25) is 11.6 Å². The third kappa shape index (κ3) is 4.92. The van der Waals surface area contributed by atoms with Gasteiger partial charge in [0.15, 0.2) is 22.9 Å². The van der Waals surface area contributed by atoms with Crippen LogP contribution in [0.15, 0.2) is 39.6 Å². The van der Waals surface area contributed by atoms with E-state index < -0.39 is 18.0 Å². The third-order valence-electron chi connectivity index (χ3n) is 8.90. The number of benzene rings is 1. The molecule has 2 saturated carbocycles. The van der Waals surface area contributed by atoms with Crippen LogP contribution in [-0.4, -0.2) is 52.5 Å². The van der Waals surface area contributed by atoms with Crippen LogP contribution >= 0.6 is 0 Å². The summed E-state index contributed by atoms with van der Waals surface area (Å²) in [5, 5.41) is 30.1. The van der Waals surface area contributed by atoms with Crippen LogP contribution in [0.25, 0.3) is 22.8 Å². The number of aliphatic hydroxyl groups is 2. The van der Waals surface area contributed by atoms with E-state index in [1.807, 2.05) is 22.8 Å². The average molecular weight is 548 g/mol. The molecule has 11 nitrogen and oxygen atoms in total. The molecule has 40 heavy (non-hydrogen) atoms. The number of rotatable bonds is 9. The molecule has 2 aliphatic rings. The molecule has 2 fully saturated rings. The fraction of sp³-hybridized carbons (Fsp3) is 0.552. The topological polar surface area (TPSA) is 155 Å². The molecular weight excluding hydrogens is 510 g/mol. The molecule has 3 heterocycles. The summed E-state index contributed by atoms with van der Waals surface area (Å²) in [5.41, 5.74) is -0.211. The zero-order chi connectivity index (χ0) is 27.9. The first kappa shape index (κ1) is 26.6. The number of aromatic amines is 1. The van der Waals surface area contributed by atoms with Gasteiger partial charge in [0.25, 0.3) is 0 Å². The van der Waals surface area contributed by atoms with Crippen LogP contribution in [0.5, 0.6) is 0 Å². The molecule has 6 rings (SSSR count). The monoisotopic (exact) mass is 547 g/mol. The van der Waals surface area contributed by atoms with Crippen LogP contribution in [0.3, 0.4) is 0 Å². The highest BCUT2D eigenvalue weighted by Crippen LogP contribution is 2.38. The van der Waals surface area contributed by atoms with Crippen molar-refractivity contribution in [2.75, 3.05) is 11.9 Å². The van der Waals surface area contributed by atoms with Crippen molar-refractivity contribution in [3.8, 4) is 11.6 Å². The summed E-state index contributed by atoms with van der Waals surface area (Å²) in [7, 11) is 0. The maximum absolute atomic E-state index is 12.0. The van der Waals surface area contributed by atoms with E-state index in [1.54, 1.807) is 12.1 Å². The lowest BCUT2D eigenvalue weighted by Crippen LogP contribution is -2.36. The highest BCUT2D eigenvalue weighted by atomic mass is 16.5. The van der Waals surface area contributed by atoms with Crippen molar-refractivity contribution in [2.24, 2.45) is 17.8 Å². The van der Waals surface area contributed by atoms with Crippen LogP contribution in [0.4, 0.5) is 5.82 Å². The standard InChI is InChI=1S/C29H37N7O4/c1-17-11-13-19(14-12-17)15-36-22-23(30-18(2)20-7-6-8-20)31-25(26-34-28(38)40-35-26)32-24(22)33-27(36)29(39,16-37)21-9-4-3-5-10-21/h3-5,9-10,17-20,37,39H,6-8,11-16H2,1-2H3,(H,30,31,32)(H,34,35,38)/t17?,18-,19?,29?/m1/s1.